The van der Waals surface area contributed by atoms with Crippen LogP contribution in [0.5, 0.6) is 5.75 Å². The van der Waals surface area contributed by atoms with Crippen molar-refractivity contribution in [1.82, 2.24) is 30.0 Å². The molecule has 0 aliphatic carbocycles. The highest BCUT2D eigenvalue weighted by atomic mass is 19.1. The van der Waals surface area contributed by atoms with Gasteiger partial charge in [-0.15, -0.1) is 0 Å². The quantitative estimate of drug-likeness (QED) is 0.728. The Balaban J connectivity index is 2.21. The van der Waals surface area contributed by atoms with E-state index in [0.717, 1.165) is 11.4 Å². The lowest BCUT2D eigenvalue weighted by Crippen LogP contribution is -2.26. The number of aryl methyl sites for hydroxylation is 2. The highest BCUT2D eigenvalue weighted by Gasteiger charge is 2.20. The molecule has 3 aromatic rings. The van der Waals surface area contributed by atoms with Crippen LogP contribution in [0.1, 0.15) is 11.4 Å². The number of aromatic nitrogens is 5. The van der Waals surface area contributed by atoms with Crippen LogP contribution in [-0.4, -0.2) is 44.9 Å². The van der Waals surface area contributed by atoms with Gasteiger partial charge in [-0.3, -0.25) is 10.3 Å². The van der Waals surface area contributed by atoms with Crippen molar-refractivity contribution in [3.8, 4) is 23.0 Å². The molecule has 0 unspecified atom stereocenters. The Bertz CT molecular complexity index is 1000. The van der Waals surface area contributed by atoms with E-state index in [9.17, 15) is 4.79 Å². The number of rotatable bonds is 4. The molecule has 0 aliphatic rings. The Morgan fingerprint density at radius 2 is 2.00 bits per heavy atom. The van der Waals surface area contributed by atoms with Gasteiger partial charge in [0.05, 0.1) is 19.0 Å². The molecule has 3 heterocycles. The topological polar surface area (TPSA) is 107 Å². The van der Waals surface area contributed by atoms with Gasteiger partial charge >= 0.3 is 6.03 Å². The van der Waals surface area contributed by atoms with Gasteiger partial charge in [-0.25, -0.2) is 18.9 Å². The third-order valence-electron chi connectivity index (χ3n) is 3.72. The highest BCUT2D eigenvalue weighted by Crippen LogP contribution is 2.28. The van der Waals surface area contributed by atoms with Crippen molar-refractivity contribution in [1.29, 1.82) is 0 Å². The second-order valence-electron chi connectivity index (χ2n) is 5.69. The molecule has 10 heteroatoms. The molecule has 0 aromatic carbocycles. The molecule has 0 bridgehead atoms. The number of methoxy groups -OCH3 is 1. The number of nitrogens with one attached hydrogen (secondary N) is 2. The van der Waals surface area contributed by atoms with Crippen LogP contribution in [-0.2, 0) is 0 Å². The first-order valence-corrected chi connectivity index (χ1v) is 8.02. The molecule has 0 saturated heterocycles. The van der Waals surface area contributed by atoms with Gasteiger partial charge in [0.25, 0.3) is 5.95 Å². The van der Waals surface area contributed by atoms with E-state index in [2.05, 4.69) is 30.7 Å². The molecular weight excluding hydrogens is 353 g/mol. The van der Waals surface area contributed by atoms with Crippen molar-refractivity contribution < 1.29 is 13.9 Å². The van der Waals surface area contributed by atoms with Crippen LogP contribution in [0.25, 0.3) is 17.2 Å². The summed E-state index contributed by atoms with van der Waals surface area (Å²) >= 11 is 0. The molecule has 0 radical (unpaired) electrons. The molecule has 0 saturated carbocycles. The lowest BCUT2D eigenvalue weighted by molar-refractivity contribution is 0.253. The maximum Gasteiger partial charge on any atom is 0.320 e. The molecule has 140 valence electrons. The Labute approximate surface area is 154 Å². The third-order valence-corrected chi connectivity index (χ3v) is 3.72. The smallest absolute Gasteiger partial charge is 0.320 e. The number of hydrogen-bond donors (Lipinski definition) is 2. The predicted octanol–water partition coefficient (Wildman–Crippen LogP) is 2.24. The lowest BCUT2D eigenvalue weighted by Gasteiger charge is -2.12. The van der Waals surface area contributed by atoms with Gasteiger partial charge in [0.2, 0.25) is 0 Å². The second kappa shape index (κ2) is 7.36. The lowest BCUT2D eigenvalue weighted by atomic mass is 10.2. The minimum Gasteiger partial charge on any atom is -0.495 e. The molecule has 0 spiro atoms. The molecule has 0 aliphatic heterocycles. The molecule has 0 atom stereocenters. The van der Waals surface area contributed by atoms with Crippen LogP contribution < -0.4 is 15.4 Å². The number of hydrogen-bond acceptors (Lipinski definition) is 6. The van der Waals surface area contributed by atoms with Crippen molar-refractivity contribution in [2.24, 2.45) is 0 Å². The summed E-state index contributed by atoms with van der Waals surface area (Å²) in [5.74, 6) is -0.506. The van der Waals surface area contributed by atoms with Gasteiger partial charge in [0, 0.05) is 24.5 Å². The summed E-state index contributed by atoms with van der Waals surface area (Å²) in [6, 6.07) is 2.82. The molecule has 2 amide bonds. The molecule has 9 nitrogen and oxygen atoms in total. The van der Waals surface area contributed by atoms with Crippen LogP contribution in [0, 0.1) is 19.7 Å². The van der Waals surface area contributed by atoms with E-state index in [-0.39, 0.29) is 17.5 Å². The first kappa shape index (κ1) is 18.2. The maximum absolute atomic E-state index is 15.0. The maximum atomic E-state index is 15.0. The fourth-order valence-corrected chi connectivity index (χ4v) is 2.47. The van der Waals surface area contributed by atoms with Crippen molar-refractivity contribution in [2.75, 3.05) is 19.5 Å². The number of urea groups is 1. The van der Waals surface area contributed by atoms with E-state index in [4.69, 9.17) is 4.74 Å². The number of amides is 2. The summed E-state index contributed by atoms with van der Waals surface area (Å²) in [5, 5.41) is 9.05. The summed E-state index contributed by atoms with van der Waals surface area (Å²) in [4.78, 5) is 24.2. The van der Waals surface area contributed by atoms with E-state index in [1.54, 1.807) is 6.07 Å². The van der Waals surface area contributed by atoms with Crippen LogP contribution >= 0.6 is 0 Å². The fraction of sp³-hybridized carbons (Fsp3) is 0.235. The number of carbonyl (C=O) groups is 1. The molecule has 27 heavy (non-hydrogen) atoms. The van der Waals surface area contributed by atoms with Crippen molar-refractivity contribution >= 4 is 11.8 Å². The Morgan fingerprint density at radius 3 is 2.63 bits per heavy atom. The summed E-state index contributed by atoms with van der Waals surface area (Å²) in [5.41, 5.74) is 1.85. The largest absolute Gasteiger partial charge is 0.495 e. The summed E-state index contributed by atoms with van der Waals surface area (Å²) in [7, 11) is 2.90. The van der Waals surface area contributed by atoms with E-state index in [1.807, 2.05) is 19.9 Å². The summed E-state index contributed by atoms with van der Waals surface area (Å²) < 4.78 is 21.6. The zero-order valence-corrected chi connectivity index (χ0v) is 15.2. The van der Waals surface area contributed by atoms with Gasteiger partial charge < -0.3 is 10.1 Å². The van der Waals surface area contributed by atoms with Gasteiger partial charge in [-0.2, -0.15) is 10.1 Å². The normalized spacial score (nSPS) is 10.6. The minimum atomic E-state index is -0.793. The summed E-state index contributed by atoms with van der Waals surface area (Å²) in [6.45, 7) is 3.65. The molecule has 2 N–H and O–H groups in total. The first-order chi connectivity index (χ1) is 12.9. The van der Waals surface area contributed by atoms with E-state index >= 15 is 4.39 Å². The van der Waals surface area contributed by atoms with E-state index in [0.29, 0.717) is 11.3 Å². The van der Waals surface area contributed by atoms with Gasteiger partial charge in [0.15, 0.2) is 11.6 Å². The first-order valence-electron chi connectivity index (χ1n) is 8.02. The van der Waals surface area contributed by atoms with Gasteiger partial charge in [-0.1, -0.05) is 0 Å². The zero-order chi connectivity index (χ0) is 19.6. The van der Waals surface area contributed by atoms with Crippen LogP contribution in [0.3, 0.4) is 0 Å². The van der Waals surface area contributed by atoms with Crippen LogP contribution in [0.4, 0.5) is 15.0 Å². The molecule has 0 fully saturated rings. The number of halogens is 1. The van der Waals surface area contributed by atoms with Crippen molar-refractivity contribution in [2.45, 2.75) is 13.8 Å². The highest BCUT2D eigenvalue weighted by molar-refractivity contribution is 5.88. The minimum absolute atomic E-state index is 0.0367. The van der Waals surface area contributed by atoms with E-state index in [1.165, 1.54) is 31.2 Å². The number of nitrogens with zero attached hydrogens (tertiary/aromatic N) is 5. The molecular formula is C17H18FN7O2. The Hall–Kier alpha value is -3.56. The average Bonchev–Trinajstić information content (AvgIpc) is 3.01. The zero-order valence-electron chi connectivity index (χ0n) is 15.2. The number of pyridine rings is 1. The number of anilines is 1. The Kier molecular flexibility index (Phi) is 4.97. The Morgan fingerprint density at radius 1 is 1.22 bits per heavy atom. The standard InChI is InChI=1S/C17H18FN7O2/c1-9-5-10(2)25(24-9)16-21-14(11-6-12(27-4)8-20-7-11)13(18)15(22-16)23-17(26)19-3/h5-8H,1-4H3,(H2,19,21,22,23,26). The van der Waals surface area contributed by atoms with Gasteiger partial charge in [-0.05, 0) is 26.0 Å². The SMILES string of the molecule is CNC(=O)Nc1nc(-n2nc(C)cc2C)nc(-c2cncc(OC)c2)c1F. The fourth-order valence-electron chi connectivity index (χ4n) is 2.47. The monoisotopic (exact) mass is 371 g/mol. The average molecular weight is 371 g/mol. The van der Waals surface area contributed by atoms with Crippen molar-refractivity contribution in [3.63, 3.8) is 0 Å². The van der Waals surface area contributed by atoms with Crippen molar-refractivity contribution in [3.05, 3.63) is 41.7 Å². The van der Waals surface area contributed by atoms with Gasteiger partial charge in [0.1, 0.15) is 11.4 Å². The molecule has 3 rings (SSSR count). The third kappa shape index (κ3) is 3.68. The van der Waals surface area contributed by atoms with Crippen LogP contribution in [0.15, 0.2) is 24.5 Å². The molecule has 3 aromatic heterocycles. The second-order valence-corrected chi connectivity index (χ2v) is 5.69. The summed E-state index contributed by atoms with van der Waals surface area (Å²) in [6.07, 6.45) is 2.94. The number of ether oxygens (including phenoxy) is 1. The predicted molar refractivity (Wildman–Crippen MR) is 96.4 cm³/mol. The number of carbonyl (C=O) groups excluding carboxylic acids is 1. The van der Waals surface area contributed by atoms with Crippen LogP contribution in [0.2, 0.25) is 0 Å². The van der Waals surface area contributed by atoms with E-state index < -0.39 is 11.8 Å².